The largest absolute Gasteiger partial charge is 0.343 e. The number of nitrogens with one attached hydrogen (secondary N) is 1. The van der Waals surface area contributed by atoms with Gasteiger partial charge in [-0.3, -0.25) is 13.7 Å². The number of rotatable bonds is 8. The Hall–Kier alpha value is -2.85. The van der Waals surface area contributed by atoms with Crippen LogP contribution in [0.15, 0.2) is 58.5 Å². The van der Waals surface area contributed by atoms with Crippen LogP contribution >= 0.6 is 11.8 Å². The summed E-state index contributed by atoms with van der Waals surface area (Å²) in [5.41, 5.74) is 2.85. The van der Waals surface area contributed by atoms with E-state index >= 15 is 0 Å². The van der Waals surface area contributed by atoms with Crippen LogP contribution in [0.1, 0.15) is 27.9 Å². The van der Waals surface area contributed by atoms with Gasteiger partial charge in [0.05, 0.1) is 17.7 Å². The minimum absolute atomic E-state index is 0.0978. The predicted molar refractivity (Wildman–Crippen MR) is 125 cm³/mol. The van der Waals surface area contributed by atoms with Crippen molar-refractivity contribution in [3.8, 4) is 0 Å². The van der Waals surface area contributed by atoms with Crippen molar-refractivity contribution in [2.45, 2.75) is 31.0 Å². The van der Waals surface area contributed by atoms with Crippen molar-refractivity contribution < 1.29 is 13.2 Å². The standard InChI is InChI=1S/C22H24N4O4S2/c1-32(29,30)26-12-5-8-17-14-18(9-10-19(17)26)20(27)15-31-22-24-23-21(28)25(22)13-11-16-6-3-2-4-7-16/h2-4,6-7,9-10,14H,5,8,11-13,15H2,1H3,(H,23,28). The van der Waals surface area contributed by atoms with E-state index in [-0.39, 0.29) is 17.2 Å². The number of carbonyl (C=O) groups is 1. The summed E-state index contributed by atoms with van der Waals surface area (Å²) in [6.45, 7) is 0.921. The van der Waals surface area contributed by atoms with Crippen LogP contribution in [0.2, 0.25) is 0 Å². The first-order valence-electron chi connectivity index (χ1n) is 10.3. The third kappa shape index (κ3) is 4.97. The number of aromatic amines is 1. The van der Waals surface area contributed by atoms with Gasteiger partial charge in [0.2, 0.25) is 10.0 Å². The number of fused-ring (bicyclic) bond motifs is 1. The van der Waals surface area contributed by atoms with Crippen LogP contribution in [0.3, 0.4) is 0 Å². The number of carbonyl (C=O) groups excluding carboxylic acids is 1. The number of aryl methyl sites for hydroxylation is 2. The van der Waals surface area contributed by atoms with Crippen molar-refractivity contribution in [3.05, 3.63) is 75.7 Å². The van der Waals surface area contributed by atoms with E-state index in [1.807, 2.05) is 30.3 Å². The number of Topliss-reactive ketones (excluding diaryl/α,β-unsaturated/α-hetero) is 1. The smallest absolute Gasteiger partial charge is 0.293 e. The summed E-state index contributed by atoms with van der Waals surface area (Å²) in [7, 11) is -3.35. The summed E-state index contributed by atoms with van der Waals surface area (Å²) >= 11 is 1.21. The lowest BCUT2D eigenvalue weighted by molar-refractivity contribution is 0.102. The van der Waals surface area contributed by atoms with Crippen molar-refractivity contribution >= 4 is 33.3 Å². The Bertz CT molecular complexity index is 1280. The van der Waals surface area contributed by atoms with Crippen molar-refractivity contribution in [1.29, 1.82) is 0 Å². The van der Waals surface area contributed by atoms with Crippen molar-refractivity contribution in [2.75, 3.05) is 22.9 Å². The minimum atomic E-state index is -3.35. The summed E-state index contributed by atoms with van der Waals surface area (Å²) in [5, 5.41) is 7.00. The zero-order valence-corrected chi connectivity index (χ0v) is 19.3. The third-order valence-corrected chi connectivity index (χ3v) is 7.56. The van der Waals surface area contributed by atoms with Gasteiger partial charge in [-0.2, -0.15) is 0 Å². The number of thioether (sulfide) groups is 1. The molecule has 0 unspecified atom stereocenters. The van der Waals surface area contributed by atoms with E-state index in [0.29, 0.717) is 42.3 Å². The number of benzene rings is 2. The first-order chi connectivity index (χ1) is 15.3. The summed E-state index contributed by atoms with van der Waals surface area (Å²) < 4.78 is 27.0. The second kappa shape index (κ2) is 9.33. The van der Waals surface area contributed by atoms with Gasteiger partial charge in [-0.25, -0.2) is 18.3 Å². The minimum Gasteiger partial charge on any atom is -0.293 e. The number of aromatic nitrogens is 3. The normalized spacial score (nSPS) is 13.7. The summed E-state index contributed by atoms with van der Waals surface area (Å²) in [5.74, 6) is 0.0313. The number of nitrogens with zero attached hydrogens (tertiary/aromatic N) is 3. The molecule has 1 aromatic heterocycles. The molecule has 10 heteroatoms. The highest BCUT2D eigenvalue weighted by Crippen LogP contribution is 2.30. The Morgan fingerprint density at radius 2 is 1.97 bits per heavy atom. The molecule has 4 rings (SSSR count). The molecular formula is C22H24N4O4S2. The fourth-order valence-electron chi connectivity index (χ4n) is 3.79. The van der Waals surface area contributed by atoms with Gasteiger partial charge >= 0.3 is 5.69 Å². The van der Waals surface area contributed by atoms with E-state index in [4.69, 9.17) is 0 Å². The van der Waals surface area contributed by atoms with Gasteiger partial charge in [-0.05, 0) is 48.6 Å². The second-order valence-electron chi connectivity index (χ2n) is 7.69. The molecule has 0 atom stereocenters. The number of anilines is 1. The molecule has 0 aliphatic carbocycles. The molecule has 0 amide bonds. The lowest BCUT2D eigenvalue weighted by atomic mass is 9.99. The maximum absolute atomic E-state index is 12.8. The van der Waals surface area contributed by atoms with Crippen LogP contribution in [-0.4, -0.2) is 47.5 Å². The number of hydrogen-bond donors (Lipinski definition) is 1. The van der Waals surface area contributed by atoms with E-state index in [0.717, 1.165) is 17.5 Å². The molecule has 1 aliphatic heterocycles. The maximum Gasteiger partial charge on any atom is 0.343 e. The fourth-order valence-corrected chi connectivity index (χ4v) is 5.65. The van der Waals surface area contributed by atoms with E-state index < -0.39 is 10.0 Å². The van der Waals surface area contributed by atoms with Crippen molar-refractivity contribution in [1.82, 2.24) is 14.8 Å². The summed E-state index contributed by atoms with van der Waals surface area (Å²) in [4.78, 5) is 24.9. The molecule has 32 heavy (non-hydrogen) atoms. The number of hydrogen-bond acceptors (Lipinski definition) is 6. The molecule has 0 fully saturated rings. The average Bonchev–Trinajstić information content (AvgIpc) is 3.14. The highest BCUT2D eigenvalue weighted by molar-refractivity contribution is 7.99. The van der Waals surface area contributed by atoms with Crippen LogP contribution in [0, 0.1) is 0 Å². The average molecular weight is 473 g/mol. The third-order valence-electron chi connectivity index (χ3n) is 5.40. The highest BCUT2D eigenvalue weighted by Gasteiger charge is 2.24. The van der Waals surface area contributed by atoms with Crippen LogP contribution in [0.4, 0.5) is 5.69 Å². The van der Waals surface area contributed by atoms with Crippen molar-refractivity contribution in [2.24, 2.45) is 0 Å². The predicted octanol–water partition coefficient (Wildman–Crippen LogP) is 2.50. The van der Waals surface area contributed by atoms with Crippen molar-refractivity contribution in [3.63, 3.8) is 0 Å². The monoisotopic (exact) mass is 472 g/mol. The Kier molecular flexibility index (Phi) is 6.52. The Morgan fingerprint density at radius 1 is 1.19 bits per heavy atom. The van der Waals surface area contributed by atoms with E-state index in [9.17, 15) is 18.0 Å². The van der Waals surface area contributed by atoms with Gasteiger partial charge in [0.25, 0.3) is 0 Å². The van der Waals surface area contributed by atoms with Crippen LogP contribution in [-0.2, 0) is 29.4 Å². The zero-order chi connectivity index (χ0) is 22.7. The molecule has 0 bridgehead atoms. The second-order valence-corrected chi connectivity index (χ2v) is 10.5. The lowest BCUT2D eigenvalue weighted by Gasteiger charge is -2.29. The van der Waals surface area contributed by atoms with Crippen LogP contribution < -0.4 is 9.99 Å². The quantitative estimate of drug-likeness (QED) is 0.399. The molecule has 8 nitrogen and oxygen atoms in total. The summed E-state index contributed by atoms with van der Waals surface area (Å²) in [6, 6.07) is 15.0. The van der Waals surface area contributed by atoms with Gasteiger partial charge < -0.3 is 0 Å². The number of ketones is 1. The molecule has 168 valence electrons. The molecular weight excluding hydrogens is 448 g/mol. The molecule has 2 heterocycles. The Labute approximate surface area is 190 Å². The van der Waals surface area contributed by atoms with Gasteiger partial charge in [0.15, 0.2) is 10.9 Å². The molecule has 0 spiro atoms. The van der Waals surface area contributed by atoms with Gasteiger partial charge in [0, 0.05) is 18.7 Å². The first-order valence-corrected chi connectivity index (χ1v) is 13.1. The Morgan fingerprint density at radius 3 is 2.72 bits per heavy atom. The fraction of sp³-hybridized carbons (Fsp3) is 0.318. The van der Waals surface area contributed by atoms with Gasteiger partial charge in [-0.1, -0.05) is 42.1 Å². The van der Waals surface area contributed by atoms with E-state index in [2.05, 4.69) is 10.2 Å². The topological polar surface area (TPSA) is 105 Å². The molecule has 0 saturated heterocycles. The lowest BCUT2D eigenvalue weighted by Crippen LogP contribution is -2.34. The Balaban J connectivity index is 1.44. The molecule has 1 N–H and O–H groups in total. The van der Waals surface area contributed by atoms with Gasteiger partial charge in [0.1, 0.15) is 0 Å². The molecule has 2 aromatic carbocycles. The molecule has 0 radical (unpaired) electrons. The number of H-pyrrole nitrogens is 1. The van der Waals surface area contributed by atoms with E-state index in [1.165, 1.54) is 22.3 Å². The molecule has 3 aromatic rings. The maximum atomic E-state index is 12.8. The highest BCUT2D eigenvalue weighted by atomic mass is 32.2. The van der Waals surface area contributed by atoms with Crippen LogP contribution in [0.25, 0.3) is 0 Å². The molecule has 1 aliphatic rings. The molecule has 0 saturated carbocycles. The van der Waals surface area contributed by atoms with Crippen LogP contribution in [0.5, 0.6) is 0 Å². The zero-order valence-electron chi connectivity index (χ0n) is 17.7. The summed E-state index contributed by atoms with van der Waals surface area (Å²) in [6.07, 6.45) is 3.32. The number of sulfonamides is 1. The SMILES string of the molecule is CS(=O)(=O)N1CCCc2cc(C(=O)CSc3n[nH]c(=O)n3CCc3ccccc3)ccc21. The van der Waals surface area contributed by atoms with E-state index in [1.54, 1.807) is 22.8 Å². The first kappa shape index (κ1) is 22.3. The van der Waals surface area contributed by atoms with Gasteiger partial charge in [-0.15, -0.1) is 5.10 Å².